The first kappa shape index (κ1) is 19.3. The van der Waals surface area contributed by atoms with Crippen molar-refractivity contribution in [3.05, 3.63) is 71.8 Å². The van der Waals surface area contributed by atoms with Gasteiger partial charge in [0.05, 0.1) is 23.5 Å². The molecule has 1 aliphatic rings. The molecule has 0 aliphatic carbocycles. The summed E-state index contributed by atoms with van der Waals surface area (Å²) >= 11 is 0. The molecule has 6 nitrogen and oxygen atoms in total. The molecule has 3 heterocycles. The second-order valence-corrected chi connectivity index (χ2v) is 7.52. The zero-order chi connectivity index (χ0) is 20.2. The number of carbonyl (C=O) groups is 1. The van der Waals surface area contributed by atoms with Crippen molar-refractivity contribution in [1.82, 2.24) is 19.7 Å². The molecule has 0 amide bonds. The predicted molar refractivity (Wildman–Crippen MR) is 112 cm³/mol. The largest absolute Gasteiger partial charge is 0.478 e. The van der Waals surface area contributed by atoms with E-state index in [1.807, 2.05) is 24.4 Å². The molecule has 1 aliphatic heterocycles. The first-order chi connectivity index (χ1) is 14.2. The van der Waals surface area contributed by atoms with Crippen LogP contribution in [0.2, 0.25) is 0 Å². The summed E-state index contributed by atoms with van der Waals surface area (Å²) in [7, 11) is 0. The fraction of sp³-hybridized carbons (Fsp3) is 0.348. The van der Waals surface area contributed by atoms with E-state index in [9.17, 15) is 9.90 Å². The molecule has 1 saturated heterocycles. The van der Waals surface area contributed by atoms with Crippen LogP contribution in [0.25, 0.3) is 11.1 Å². The smallest absolute Gasteiger partial charge is 0.336 e. The van der Waals surface area contributed by atoms with Crippen LogP contribution in [0, 0.1) is 0 Å². The van der Waals surface area contributed by atoms with Crippen molar-refractivity contribution >= 4 is 5.97 Å². The van der Waals surface area contributed by atoms with E-state index in [2.05, 4.69) is 33.6 Å². The van der Waals surface area contributed by atoms with Gasteiger partial charge in [0, 0.05) is 30.9 Å². The highest BCUT2D eigenvalue weighted by Gasteiger charge is 2.25. The summed E-state index contributed by atoms with van der Waals surface area (Å²) in [5.74, 6) is -0.926. The van der Waals surface area contributed by atoms with Crippen molar-refractivity contribution < 1.29 is 9.90 Å². The lowest BCUT2D eigenvalue weighted by atomic mass is 9.98. The molecule has 1 N–H and O–H groups in total. The number of aromatic nitrogens is 3. The quantitative estimate of drug-likeness (QED) is 0.691. The maximum Gasteiger partial charge on any atom is 0.336 e. The third-order valence-electron chi connectivity index (χ3n) is 5.75. The van der Waals surface area contributed by atoms with Gasteiger partial charge in [-0.25, -0.2) is 4.79 Å². The van der Waals surface area contributed by atoms with Crippen molar-refractivity contribution in [2.45, 2.75) is 32.2 Å². The van der Waals surface area contributed by atoms with Gasteiger partial charge in [0.2, 0.25) is 0 Å². The molecule has 0 radical (unpaired) electrons. The monoisotopic (exact) mass is 390 g/mol. The third-order valence-corrected chi connectivity index (χ3v) is 5.75. The predicted octanol–water partition coefficient (Wildman–Crippen LogP) is 3.89. The lowest BCUT2D eigenvalue weighted by molar-refractivity contribution is 0.0695. The standard InChI is InChI=1S/C23H26N4O2/c1-2-26-12-6-9-19(16-26)27-22(13-18-14-24-11-10-20(18)23(28)29)21(15-25-27)17-7-4-3-5-8-17/h3-5,7-8,10-11,14-15,19H,2,6,9,12-13,16H2,1H3,(H,28,29). The first-order valence-electron chi connectivity index (χ1n) is 10.2. The normalized spacial score (nSPS) is 17.3. The Balaban J connectivity index is 1.77. The fourth-order valence-electron chi connectivity index (χ4n) is 4.21. The maximum absolute atomic E-state index is 11.7. The Morgan fingerprint density at radius 1 is 1.21 bits per heavy atom. The number of hydrogen-bond acceptors (Lipinski definition) is 4. The van der Waals surface area contributed by atoms with Crippen LogP contribution >= 0.6 is 0 Å². The van der Waals surface area contributed by atoms with Crippen molar-refractivity contribution in [2.24, 2.45) is 0 Å². The Morgan fingerprint density at radius 3 is 2.79 bits per heavy atom. The van der Waals surface area contributed by atoms with E-state index < -0.39 is 5.97 Å². The number of piperidine rings is 1. The van der Waals surface area contributed by atoms with Gasteiger partial charge in [-0.05, 0) is 43.1 Å². The second kappa shape index (κ2) is 8.57. The number of benzene rings is 1. The van der Waals surface area contributed by atoms with Crippen molar-refractivity contribution in [2.75, 3.05) is 19.6 Å². The van der Waals surface area contributed by atoms with Gasteiger partial charge in [-0.1, -0.05) is 37.3 Å². The molecule has 4 rings (SSSR count). The fourth-order valence-corrected chi connectivity index (χ4v) is 4.21. The summed E-state index contributed by atoms with van der Waals surface area (Å²) in [5, 5.41) is 14.4. The summed E-state index contributed by atoms with van der Waals surface area (Å²) < 4.78 is 2.13. The van der Waals surface area contributed by atoms with Gasteiger partial charge < -0.3 is 10.0 Å². The molecule has 0 bridgehead atoms. The molecular weight excluding hydrogens is 364 g/mol. The van der Waals surface area contributed by atoms with E-state index in [0.717, 1.165) is 49.3 Å². The van der Waals surface area contributed by atoms with Gasteiger partial charge in [0.15, 0.2) is 0 Å². The Hall–Kier alpha value is -2.99. The van der Waals surface area contributed by atoms with E-state index in [4.69, 9.17) is 5.10 Å². The molecule has 1 unspecified atom stereocenters. The highest BCUT2D eigenvalue weighted by molar-refractivity contribution is 5.89. The second-order valence-electron chi connectivity index (χ2n) is 7.52. The molecule has 29 heavy (non-hydrogen) atoms. The van der Waals surface area contributed by atoms with Gasteiger partial charge in [0.25, 0.3) is 0 Å². The SMILES string of the molecule is CCN1CCCC(n2ncc(-c3ccccc3)c2Cc2cnccc2C(=O)O)C1. The molecule has 6 heteroatoms. The highest BCUT2D eigenvalue weighted by atomic mass is 16.4. The third kappa shape index (κ3) is 4.07. The number of aromatic carboxylic acids is 1. The first-order valence-corrected chi connectivity index (χ1v) is 10.2. The zero-order valence-electron chi connectivity index (χ0n) is 16.7. The Kier molecular flexibility index (Phi) is 5.71. The minimum atomic E-state index is -0.926. The number of carboxylic acids is 1. The number of nitrogens with zero attached hydrogens (tertiary/aromatic N) is 4. The van der Waals surface area contributed by atoms with E-state index in [0.29, 0.717) is 23.6 Å². The molecule has 3 aromatic rings. The van der Waals surface area contributed by atoms with Gasteiger partial charge in [-0.15, -0.1) is 0 Å². The lowest BCUT2D eigenvalue weighted by Crippen LogP contribution is -2.37. The number of carboxylic acid groups (broad SMARTS) is 1. The molecular formula is C23H26N4O2. The summed E-state index contributed by atoms with van der Waals surface area (Å²) in [6, 6.07) is 12.0. The van der Waals surface area contributed by atoms with E-state index in [1.54, 1.807) is 12.3 Å². The van der Waals surface area contributed by atoms with Crippen molar-refractivity contribution in [3.8, 4) is 11.1 Å². The molecule has 1 atom stereocenters. The zero-order valence-corrected chi connectivity index (χ0v) is 16.7. The van der Waals surface area contributed by atoms with Gasteiger partial charge >= 0.3 is 5.97 Å². The van der Waals surface area contributed by atoms with Crippen LogP contribution in [-0.4, -0.2) is 50.4 Å². The Morgan fingerprint density at radius 2 is 2.03 bits per heavy atom. The van der Waals surface area contributed by atoms with Crippen LogP contribution in [0.15, 0.2) is 55.0 Å². The van der Waals surface area contributed by atoms with Crippen LogP contribution in [0.4, 0.5) is 0 Å². The summed E-state index contributed by atoms with van der Waals surface area (Å²) in [6.07, 6.45) is 7.83. The average molecular weight is 390 g/mol. The number of hydrogen-bond donors (Lipinski definition) is 1. The molecule has 1 aromatic carbocycles. The molecule has 1 fully saturated rings. The summed E-state index contributed by atoms with van der Waals surface area (Å²) in [6.45, 7) is 5.32. The Bertz CT molecular complexity index is 984. The Labute approximate surface area is 170 Å². The molecule has 0 spiro atoms. The molecule has 0 saturated carbocycles. The highest BCUT2D eigenvalue weighted by Crippen LogP contribution is 2.31. The number of likely N-dealkylation sites (N-methyl/N-ethyl adjacent to an activating group) is 1. The van der Waals surface area contributed by atoms with Crippen LogP contribution < -0.4 is 0 Å². The van der Waals surface area contributed by atoms with Crippen molar-refractivity contribution in [3.63, 3.8) is 0 Å². The van der Waals surface area contributed by atoms with Gasteiger partial charge in [0.1, 0.15) is 0 Å². The van der Waals surface area contributed by atoms with Crippen LogP contribution in [0.1, 0.15) is 47.4 Å². The van der Waals surface area contributed by atoms with Gasteiger partial charge in [-0.2, -0.15) is 5.10 Å². The molecule has 2 aromatic heterocycles. The van der Waals surface area contributed by atoms with E-state index >= 15 is 0 Å². The number of likely N-dealkylation sites (tertiary alicyclic amines) is 1. The van der Waals surface area contributed by atoms with E-state index in [1.165, 1.54) is 6.20 Å². The minimum absolute atomic E-state index is 0.293. The van der Waals surface area contributed by atoms with Gasteiger partial charge in [-0.3, -0.25) is 9.67 Å². The maximum atomic E-state index is 11.7. The van der Waals surface area contributed by atoms with Crippen LogP contribution in [-0.2, 0) is 6.42 Å². The topological polar surface area (TPSA) is 71.2 Å². The number of pyridine rings is 1. The van der Waals surface area contributed by atoms with Crippen molar-refractivity contribution in [1.29, 1.82) is 0 Å². The van der Waals surface area contributed by atoms with E-state index in [-0.39, 0.29) is 0 Å². The lowest BCUT2D eigenvalue weighted by Gasteiger charge is -2.33. The summed E-state index contributed by atoms with van der Waals surface area (Å²) in [5.41, 5.74) is 4.21. The summed E-state index contributed by atoms with van der Waals surface area (Å²) in [4.78, 5) is 18.3. The molecule has 150 valence electrons. The van der Waals surface area contributed by atoms with Crippen LogP contribution in [0.5, 0.6) is 0 Å². The average Bonchev–Trinajstić information content (AvgIpc) is 3.18. The van der Waals surface area contributed by atoms with Crippen LogP contribution in [0.3, 0.4) is 0 Å². The minimum Gasteiger partial charge on any atom is -0.478 e. The number of rotatable bonds is 6.